The van der Waals surface area contributed by atoms with E-state index in [0.717, 1.165) is 5.92 Å². The summed E-state index contributed by atoms with van der Waals surface area (Å²) in [6.07, 6.45) is 10.6. The quantitative estimate of drug-likeness (QED) is 0.483. The molecule has 0 aromatic rings. The minimum absolute atomic E-state index is 0.914. The highest BCUT2D eigenvalue weighted by molar-refractivity contribution is 4.62. The first-order valence-corrected chi connectivity index (χ1v) is 5.09. The van der Waals surface area contributed by atoms with Crippen molar-refractivity contribution in [2.24, 2.45) is 5.92 Å². The van der Waals surface area contributed by atoms with Gasteiger partial charge in [0, 0.05) is 0 Å². The maximum atomic E-state index is 2.35. The Morgan fingerprint density at radius 2 is 1.91 bits per heavy atom. The third-order valence-electron chi connectivity index (χ3n) is 2.19. The Kier molecular flexibility index (Phi) is 8.10. The molecule has 0 nitrogen and oxygen atoms in total. The Labute approximate surface area is 72.4 Å². The van der Waals surface area contributed by atoms with Crippen LogP contribution in [-0.2, 0) is 0 Å². The van der Waals surface area contributed by atoms with Gasteiger partial charge in [-0.15, -0.1) is 0 Å². The lowest BCUT2D eigenvalue weighted by atomic mass is 9.98. The van der Waals surface area contributed by atoms with Crippen LogP contribution in [0, 0.1) is 12.3 Å². The molecule has 0 aliphatic carbocycles. The van der Waals surface area contributed by atoms with Gasteiger partial charge in [-0.25, -0.2) is 0 Å². The molecule has 0 aliphatic rings. The van der Waals surface area contributed by atoms with E-state index in [2.05, 4.69) is 27.2 Å². The average molecular weight is 155 g/mol. The molecular formula is C11H23. The van der Waals surface area contributed by atoms with Crippen LogP contribution >= 0.6 is 0 Å². The van der Waals surface area contributed by atoms with E-state index in [0.29, 0.717) is 0 Å². The van der Waals surface area contributed by atoms with Crippen molar-refractivity contribution in [3.8, 4) is 0 Å². The molecule has 0 aromatic carbocycles. The van der Waals surface area contributed by atoms with Crippen LogP contribution < -0.4 is 0 Å². The molecule has 1 atom stereocenters. The maximum absolute atomic E-state index is 2.35. The topological polar surface area (TPSA) is 0 Å². The van der Waals surface area contributed by atoms with Gasteiger partial charge in [-0.05, 0) is 18.8 Å². The van der Waals surface area contributed by atoms with E-state index in [4.69, 9.17) is 0 Å². The largest absolute Gasteiger partial charge is 0.0654 e. The Morgan fingerprint density at radius 3 is 2.45 bits per heavy atom. The molecule has 0 saturated heterocycles. The first kappa shape index (κ1) is 11.0. The molecule has 0 fully saturated rings. The molecule has 0 spiro atoms. The molecule has 0 aromatic heterocycles. The van der Waals surface area contributed by atoms with Crippen molar-refractivity contribution in [2.45, 2.75) is 59.3 Å². The number of rotatable bonds is 7. The summed E-state index contributed by atoms with van der Waals surface area (Å²) in [4.78, 5) is 0. The number of hydrogen-bond donors (Lipinski definition) is 0. The zero-order chi connectivity index (χ0) is 8.53. The third kappa shape index (κ3) is 7.90. The molecule has 11 heavy (non-hydrogen) atoms. The Bertz CT molecular complexity index is 66.4. The predicted octanol–water partition coefficient (Wildman–Crippen LogP) is 4.21. The van der Waals surface area contributed by atoms with Gasteiger partial charge in [0.25, 0.3) is 0 Å². The van der Waals surface area contributed by atoms with E-state index in [-0.39, 0.29) is 0 Å². The highest BCUT2D eigenvalue weighted by atomic mass is 14.0. The predicted molar refractivity (Wildman–Crippen MR) is 52.5 cm³/mol. The second kappa shape index (κ2) is 8.10. The second-order valence-corrected chi connectivity index (χ2v) is 3.60. The van der Waals surface area contributed by atoms with Crippen molar-refractivity contribution in [1.82, 2.24) is 0 Å². The molecule has 0 heteroatoms. The lowest BCUT2D eigenvalue weighted by Gasteiger charge is -2.08. The van der Waals surface area contributed by atoms with E-state index >= 15 is 0 Å². The Balaban J connectivity index is 2.97. The van der Waals surface area contributed by atoms with Crippen molar-refractivity contribution >= 4 is 0 Å². The summed E-state index contributed by atoms with van der Waals surface area (Å²) in [5.74, 6) is 0.914. The van der Waals surface area contributed by atoms with Crippen LogP contribution in [0.15, 0.2) is 0 Å². The van der Waals surface area contributed by atoms with Crippen LogP contribution in [0.25, 0.3) is 0 Å². The SMILES string of the molecule is C[CH]CC(C)CCCCCC. The highest BCUT2D eigenvalue weighted by Crippen LogP contribution is 2.14. The molecule has 1 radical (unpaired) electrons. The van der Waals surface area contributed by atoms with Crippen LogP contribution in [0.4, 0.5) is 0 Å². The monoisotopic (exact) mass is 155 g/mol. The molecule has 0 saturated carbocycles. The van der Waals surface area contributed by atoms with Crippen LogP contribution in [-0.4, -0.2) is 0 Å². The molecule has 0 rings (SSSR count). The molecule has 0 aliphatic heterocycles. The normalized spacial score (nSPS) is 13.4. The van der Waals surface area contributed by atoms with E-state index in [1.54, 1.807) is 0 Å². The summed E-state index contributed by atoms with van der Waals surface area (Å²) in [6.45, 7) is 6.78. The minimum atomic E-state index is 0.914. The second-order valence-electron chi connectivity index (χ2n) is 3.60. The van der Waals surface area contributed by atoms with Crippen molar-refractivity contribution in [1.29, 1.82) is 0 Å². The fraction of sp³-hybridized carbons (Fsp3) is 0.909. The molecular weight excluding hydrogens is 132 g/mol. The van der Waals surface area contributed by atoms with Gasteiger partial charge in [0.15, 0.2) is 0 Å². The summed E-state index contributed by atoms with van der Waals surface area (Å²) >= 11 is 0. The van der Waals surface area contributed by atoms with Crippen LogP contribution in [0.3, 0.4) is 0 Å². The Morgan fingerprint density at radius 1 is 1.18 bits per heavy atom. The first-order chi connectivity index (χ1) is 5.31. The van der Waals surface area contributed by atoms with Gasteiger partial charge in [-0.3, -0.25) is 0 Å². The zero-order valence-electron chi connectivity index (χ0n) is 8.40. The van der Waals surface area contributed by atoms with Crippen molar-refractivity contribution in [2.75, 3.05) is 0 Å². The van der Waals surface area contributed by atoms with Gasteiger partial charge < -0.3 is 0 Å². The molecule has 1 unspecified atom stereocenters. The van der Waals surface area contributed by atoms with Crippen LogP contribution in [0.5, 0.6) is 0 Å². The van der Waals surface area contributed by atoms with Crippen molar-refractivity contribution < 1.29 is 0 Å². The summed E-state index contributed by atoms with van der Waals surface area (Å²) in [5, 5.41) is 0. The molecule has 0 bridgehead atoms. The van der Waals surface area contributed by atoms with Gasteiger partial charge in [0.1, 0.15) is 0 Å². The van der Waals surface area contributed by atoms with E-state index in [1.807, 2.05) is 0 Å². The van der Waals surface area contributed by atoms with Gasteiger partial charge in [-0.1, -0.05) is 52.9 Å². The molecule has 0 amide bonds. The third-order valence-corrected chi connectivity index (χ3v) is 2.19. The fourth-order valence-corrected chi connectivity index (χ4v) is 1.44. The fourth-order valence-electron chi connectivity index (χ4n) is 1.44. The molecule has 0 N–H and O–H groups in total. The van der Waals surface area contributed by atoms with Gasteiger partial charge in [0.05, 0.1) is 0 Å². The number of hydrogen-bond acceptors (Lipinski definition) is 0. The minimum Gasteiger partial charge on any atom is -0.0654 e. The zero-order valence-corrected chi connectivity index (χ0v) is 8.40. The Hall–Kier alpha value is 0. The molecule has 67 valence electrons. The lowest BCUT2D eigenvalue weighted by molar-refractivity contribution is 0.484. The van der Waals surface area contributed by atoms with Gasteiger partial charge in [-0.2, -0.15) is 0 Å². The molecule has 0 heterocycles. The maximum Gasteiger partial charge on any atom is -0.0414 e. The van der Waals surface area contributed by atoms with Crippen LogP contribution in [0.1, 0.15) is 59.3 Å². The summed E-state index contributed by atoms with van der Waals surface area (Å²) in [5.41, 5.74) is 0. The van der Waals surface area contributed by atoms with E-state index in [1.165, 1.54) is 38.5 Å². The summed E-state index contributed by atoms with van der Waals surface area (Å²) in [6, 6.07) is 0. The van der Waals surface area contributed by atoms with Crippen molar-refractivity contribution in [3.05, 3.63) is 6.42 Å². The summed E-state index contributed by atoms with van der Waals surface area (Å²) in [7, 11) is 0. The smallest absolute Gasteiger partial charge is 0.0414 e. The first-order valence-electron chi connectivity index (χ1n) is 5.09. The standard InChI is InChI=1S/C11H23/c1-4-6-7-8-10-11(3)9-5-2/h5,11H,4,6-10H2,1-3H3. The van der Waals surface area contributed by atoms with E-state index in [9.17, 15) is 0 Å². The number of unbranched alkanes of at least 4 members (excludes halogenated alkanes) is 3. The van der Waals surface area contributed by atoms with Crippen LogP contribution in [0.2, 0.25) is 0 Å². The van der Waals surface area contributed by atoms with Crippen molar-refractivity contribution in [3.63, 3.8) is 0 Å². The summed E-state index contributed by atoms with van der Waals surface area (Å²) < 4.78 is 0. The van der Waals surface area contributed by atoms with Gasteiger partial charge in [0.2, 0.25) is 0 Å². The average Bonchev–Trinajstić information content (AvgIpc) is 1.99. The van der Waals surface area contributed by atoms with E-state index < -0.39 is 0 Å². The van der Waals surface area contributed by atoms with Gasteiger partial charge >= 0.3 is 0 Å². The highest BCUT2D eigenvalue weighted by Gasteiger charge is 1.98. The lowest BCUT2D eigenvalue weighted by Crippen LogP contribution is -1.93.